The standard InChI is InChI=1S/C20H19BrN2OS/c1-15-4-2-5-16(12-15)13-23(14-19-6-3-11-24-19)20(25)22-18-9-7-17(21)8-10-18/h2-12H,13-14H2,1H3,(H,22,25). The second-order valence-electron chi connectivity index (χ2n) is 5.86. The van der Waals surface area contributed by atoms with E-state index in [-0.39, 0.29) is 0 Å². The quantitative estimate of drug-likeness (QED) is 0.537. The molecule has 1 N–H and O–H groups in total. The third kappa shape index (κ3) is 5.18. The first-order valence-electron chi connectivity index (χ1n) is 7.99. The summed E-state index contributed by atoms with van der Waals surface area (Å²) in [5.41, 5.74) is 3.41. The van der Waals surface area contributed by atoms with E-state index < -0.39 is 0 Å². The fraction of sp³-hybridized carbons (Fsp3) is 0.150. The minimum Gasteiger partial charge on any atom is -0.467 e. The van der Waals surface area contributed by atoms with Gasteiger partial charge in [-0.1, -0.05) is 45.8 Å². The zero-order valence-electron chi connectivity index (χ0n) is 13.9. The molecule has 5 heteroatoms. The number of nitrogens with zero attached hydrogens (tertiary/aromatic N) is 1. The van der Waals surface area contributed by atoms with Crippen LogP contribution in [0, 0.1) is 6.92 Å². The molecule has 3 aromatic rings. The van der Waals surface area contributed by atoms with E-state index in [1.807, 2.05) is 36.4 Å². The Morgan fingerprint density at radius 2 is 1.88 bits per heavy atom. The predicted molar refractivity (Wildman–Crippen MR) is 109 cm³/mol. The van der Waals surface area contributed by atoms with Crippen LogP contribution in [0.2, 0.25) is 0 Å². The number of thiocarbonyl (C=S) groups is 1. The number of halogens is 1. The van der Waals surface area contributed by atoms with Crippen molar-refractivity contribution in [2.75, 3.05) is 5.32 Å². The minimum absolute atomic E-state index is 0.614. The molecule has 1 aromatic heterocycles. The highest BCUT2D eigenvalue weighted by atomic mass is 79.9. The van der Waals surface area contributed by atoms with E-state index in [1.54, 1.807) is 6.26 Å². The maximum atomic E-state index is 5.66. The van der Waals surface area contributed by atoms with Crippen molar-refractivity contribution in [2.45, 2.75) is 20.0 Å². The Balaban J connectivity index is 1.77. The topological polar surface area (TPSA) is 28.4 Å². The summed E-state index contributed by atoms with van der Waals surface area (Å²) < 4.78 is 6.54. The highest BCUT2D eigenvalue weighted by Crippen LogP contribution is 2.17. The van der Waals surface area contributed by atoms with Crippen LogP contribution in [0.5, 0.6) is 0 Å². The lowest BCUT2D eigenvalue weighted by Gasteiger charge is -2.25. The van der Waals surface area contributed by atoms with Gasteiger partial charge >= 0.3 is 0 Å². The Hall–Kier alpha value is -2.11. The van der Waals surface area contributed by atoms with Crippen LogP contribution in [-0.2, 0) is 13.1 Å². The van der Waals surface area contributed by atoms with Crippen LogP contribution >= 0.6 is 28.1 Å². The van der Waals surface area contributed by atoms with Crippen molar-refractivity contribution in [1.82, 2.24) is 4.90 Å². The van der Waals surface area contributed by atoms with Crippen LogP contribution in [0.1, 0.15) is 16.9 Å². The summed E-state index contributed by atoms with van der Waals surface area (Å²) in [5, 5.41) is 3.98. The Bertz CT molecular complexity index is 831. The van der Waals surface area contributed by atoms with Crippen molar-refractivity contribution in [3.8, 4) is 0 Å². The molecule has 0 bridgehead atoms. The van der Waals surface area contributed by atoms with Gasteiger partial charge in [0.2, 0.25) is 0 Å². The third-order valence-corrected chi connectivity index (χ3v) is 4.65. The van der Waals surface area contributed by atoms with Crippen LogP contribution in [0.15, 0.2) is 75.8 Å². The van der Waals surface area contributed by atoms with E-state index in [2.05, 4.69) is 57.3 Å². The van der Waals surface area contributed by atoms with Gasteiger partial charge < -0.3 is 14.6 Å². The van der Waals surface area contributed by atoms with E-state index >= 15 is 0 Å². The van der Waals surface area contributed by atoms with Crippen molar-refractivity contribution in [3.63, 3.8) is 0 Å². The van der Waals surface area contributed by atoms with Crippen molar-refractivity contribution >= 4 is 38.9 Å². The Kier molecular flexibility index (Phi) is 5.89. The van der Waals surface area contributed by atoms with Gasteiger partial charge in [0.1, 0.15) is 5.76 Å². The molecule has 3 rings (SSSR count). The summed E-state index contributed by atoms with van der Waals surface area (Å²) in [4.78, 5) is 2.10. The molecule has 2 aromatic carbocycles. The van der Waals surface area contributed by atoms with E-state index in [0.717, 1.165) is 15.9 Å². The zero-order valence-corrected chi connectivity index (χ0v) is 16.3. The highest BCUT2D eigenvalue weighted by molar-refractivity contribution is 9.10. The SMILES string of the molecule is Cc1cccc(CN(Cc2ccco2)C(=S)Nc2ccc(Br)cc2)c1. The van der Waals surface area contributed by atoms with Gasteiger partial charge in [0.05, 0.1) is 12.8 Å². The number of aryl methyl sites for hydroxylation is 1. The maximum absolute atomic E-state index is 5.66. The number of hydrogen-bond donors (Lipinski definition) is 1. The maximum Gasteiger partial charge on any atom is 0.174 e. The molecule has 0 aliphatic rings. The van der Waals surface area contributed by atoms with Gasteiger partial charge in [0.25, 0.3) is 0 Å². The smallest absolute Gasteiger partial charge is 0.174 e. The molecule has 0 unspecified atom stereocenters. The molecule has 25 heavy (non-hydrogen) atoms. The molecule has 0 saturated carbocycles. The molecule has 1 heterocycles. The fourth-order valence-electron chi connectivity index (χ4n) is 2.56. The van der Waals surface area contributed by atoms with Crippen molar-refractivity contribution in [2.24, 2.45) is 0 Å². The molecular formula is C20H19BrN2OS. The molecule has 0 fully saturated rings. The van der Waals surface area contributed by atoms with Gasteiger partial charge in [0, 0.05) is 16.7 Å². The zero-order chi connectivity index (χ0) is 17.6. The number of rotatable bonds is 5. The summed E-state index contributed by atoms with van der Waals surface area (Å²) in [6.45, 7) is 3.42. The second kappa shape index (κ2) is 8.32. The number of benzene rings is 2. The first-order chi connectivity index (χ1) is 12.1. The Labute approximate surface area is 161 Å². The average molecular weight is 415 g/mol. The molecule has 128 valence electrons. The van der Waals surface area contributed by atoms with Gasteiger partial charge in [-0.2, -0.15) is 0 Å². The second-order valence-corrected chi connectivity index (χ2v) is 7.16. The average Bonchev–Trinajstić information content (AvgIpc) is 3.09. The first-order valence-corrected chi connectivity index (χ1v) is 9.20. The Morgan fingerprint density at radius 1 is 1.08 bits per heavy atom. The molecule has 0 radical (unpaired) electrons. The lowest BCUT2D eigenvalue weighted by atomic mass is 10.1. The molecule has 0 aliphatic heterocycles. The summed E-state index contributed by atoms with van der Waals surface area (Å²) in [5.74, 6) is 0.882. The minimum atomic E-state index is 0.614. The van der Waals surface area contributed by atoms with Gasteiger partial charge in [-0.3, -0.25) is 0 Å². The van der Waals surface area contributed by atoms with E-state index in [4.69, 9.17) is 16.6 Å². The van der Waals surface area contributed by atoms with Crippen LogP contribution in [-0.4, -0.2) is 10.0 Å². The summed E-state index contributed by atoms with van der Waals surface area (Å²) >= 11 is 9.10. The van der Waals surface area contributed by atoms with E-state index in [0.29, 0.717) is 18.2 Å². The molecule has 0 amide bonds. The summed E-state index contributed by atoms with van der Waals surface area (Å²) in [6.07, 6.45) is 1.69. The molecule has 0 aliphatic carbocycles. The van der Waals surface area contributed by atoms with Crippen molar-refractivity contribution in [1.29, 1.82) is 0 Å². The van der Waals surface area contributed by atoms with Crippen LogP contribution in [0.25, 0.3) is 0 Å². The highest BCUT2D eigenvalue weighted by Gasteiger charge is 2.13. The van der Waals surface area contributed by atoms with E-state index in [1.165, 1.54) is 11.1 Å². The first kappa shape index (κ1) is 17.7. The molecule has 0 atom stereocenters. The fourth-order valence-corrected chi connectivity index (χ4v) is 3.07. The Morgan fingerprint density at radius 3 is 2.56 bits per heavy atom. The largest absolute Gasteiger partial charge is 0.467 e. The number of furan rings is 1. The van der Waals surface area contributed by atoms with Crippen molar-refractivity contribution < 1.29 is 4.42 Å². The number of anilines is 1. The summed E-state index contributed by atoms with van der Waals surface area (Å²) in [6, 6.07) is 20.3. The lowest BCUT2D eigenvalue weighted by Crippen LogP contribution is -2.33. The van der Waals surface area contributed by atoms with Crippen LogP contribution in [0.4, 0.5) is 5.69 Å². The molecule has 0 saturated heterocycles. The van der Waals surface area contributed by atoms with Crippen molar-refractivity contribution in [3.05, 3.63) is 88.3 Å². The number of hydrogen-bond acceptors (Lipinski definition) is 2. The van der Waals surface area contributed by atoms with Gasteiger partial charge in [-0.05, 0) is 61.1 Å². The lowest BCUT2D eigenvalue weighted by molar-refractivity contribution is 0.360. The molecule has 3 nitrogen and oxygen atoms in total. The van der Waals surface area contributed by atoms with Gasteiger partial charge in [-0.15, -0.1) is 0 Å². The number of nitrogens with one attached hydrogen (secondary N) is 1. The monoisotopic (exact) mass is 414 g/mol. The van der Waals surface area contributed by atoms with Gasteiger partial charge in [-0.25, -0.2) is 0 Å². The van der Waals surface area contributed by atoms with Crippen LogP contribution < -0.4 is 5.32 Å². The van der Waals surface area contributed by atoms with E-state index in [9.17, 15) is 0 Å². The predicted octanol–water partition coefficient (Wildman–Crippen LogP) is 5.75. The molecular weight excluding hydrogens is 396 g/mol. The van der Waals surface area contributed by atoms with Gasteiger partial charge in [0.15, 0.2) is 5.11 Å². The third-order valence-electron chi connectivity index (χ3n) is 3.77. The normalized spacial score (nSPS) is 10.5. The molecule has 0 spiro atoms. The summed E-state index contributed by atoms with van der Waals surface area (Å²) in [7, 11) is 0. The van der Waals surface area contributed by atoms with Crippen LogP contribution in [0.3, 0.4) is 0 Å².